The van der Waals surface area contributed by atoms with Crippen molar-refractivity contribution < 1.29 is 14.2 Å². The van der Waals surface area contributed by atoms with Crippen molar-refractivity contribution in [3.8, 4) is 39.9 Å². The third-order valence-corrected chi connectivity index (χ3v) is 8.15. The van der Waals surface area contributed by atoms with E-state index < -0.39 is 0 Å². The number of aromatic nitrogens is 2. The molecule has 0 atom stereocenters. The Balaban J connectivity index is 1.42. The molecule has 6 nitrogen and oxygen atoms in total. The molecule has 1 aliphatic rings. The number of nitrogens with zero attached hydrogens (tertiary/aromatic N) is 3. The molecule has 0 bridgehead atoms. The van der Waals surface area contributed by atoms with Gasteiger partial charge < -0.3 is 18.8 Å². The van der Waals surface area contributed by atoms with Crippen molar-refractivity contribution in [1.82, 2.24) is 14.5 Å². The third-order valence-electron chi connectivity index (χ3n) is 7.47. The molecule has 42 heavy (non-hydrogen) atoms. The summed E-state index contributed by atoms with van der Waals surface area (Å²) in [5.41, 5.74) is 7.00. The fourth-order valence-electron chi connectivity index (χ4n) is 5.48. The molecular formula is C35H37N3O3S. The van der Waals surface area contributed by atoms with Crippen LogP contribution >= 0.6 is 11.3 Å². The van der Waals surface area contributed by atoms with Crippen molar-refractivity contribution in [2.24, 2.45) is 0 Å². The SMILES string of the molecule is CCCCn1c(-c2ccccc2)nc(-c2ccsc2)c1CN(Cc1cccc(OCC)c1)Cc1ccc2c(c1)OCO2. The van der Waals surface area contributed by atoms with E-state index in [9.17, 15) is 0 Å². The van der Waals surface area contributed by atoms with Crippen LogP contribution in [0.5, 0.6) is 17.2 Å². The van der Waals surface area contributed by atoms with Crippen LogP contribution in [0.25, 0.3) is 22.6 Å². The summed E-state index contributed by atoms with van der Waals surface area (Å²) in [4.78, 5) is 7.81. The minimum atomic E-state index is 0.273. The van der Waals surface area contributed by atoms with Gasteiger partial charge in [0.05, 0.1) is 18.0 Å². The van der Waals surface area contributed by atoms with E-state index in [-0.39, 0.29) is 6.79 Å². The van der Waals surface area contributed by atoms with Crippen LogP contribution in [0.15, 0.2) is 89.6 Å². The second-order valence-electron chi connectivity index (χ2n) is 10.5. The molecule has 0 fully saturated rings. The number of ether oxygens (including phenoxy) is 3. The molecule has 2 aromatic heterocycles. The van der Waals surface area contributed by atoms with E-state index in [1.807, 2.05) is 19.1 Å². The summed E-state index contributed by atoms with van der Waals surface area (Å²) < 4.78 is 19.6. The standard InChI is InChI=1S/C35H37N3O3S/c1-3-5-17-38-31(34(29-16-18-42-24-29)36-35(38)28-11-7-6-8-12-28)23-37(21-26-10-9-13-30(19-26)39-4-2)22-27-14-15-32-33(20-27)41-25-40-32/h6-16,18-20,24H,3-5,17,21-23,25H2,1-2H3. The van der Waals surface area contributed by atoms with E-state index >= 15 is 0 Å². The highest BCUT2D eigenvalue weighted by Crippen LogP contribution is 2.35. The van der Waals surface area contributed by atoms with Gasteiger partial charge in [0.25, 0.3) is 0 Å². The van der Waals surface area contributed by atoms with Gasteiger partial charge in [0, 0.05) is 42.7 Å². The molecule has 0 spiro atoms. The summed E-state index contributed by atoms with van der Waals surface area (Å²) in [5.74, 6) is 3.54. The van der Waals surface area contributed by atoms with Gasteiger partial charge in [0.15, 0.2) is 11.5 Å². The number of rotatable bonds is 13. The molecule has 7 heteroatoms. The fraction of sp³-hybridized carbons (Fsp3) is 0.286. The highest BCUT2D eigenvalue weighted by atomic mass is 32.1. The van der Waals surface area contributed by atoms with Crippen LogP contribution in [-0.2, 0) is 26.2 Å². The molecule has 0 unspecified atom stereocenters. The zero-order valence-corrected chi connectivity index (χ0v) is 25.1. The molecule has 0 amide bonds. The van der Waals surface area contributed by atoms with E-state index in [0.717, 1.165) is 73.4 Å². The summed E-state index contributed by atoms with van der Waals surface area (Å²) in [6, 6.07) is 27.5. The van der Waals surface area contributed by atoms with Crippen molar-refractivity contribution >= 4 is 11.3 Å². The molecule has 5 aromatic rings. The van der Waals surface area contributed by atoms with Crippen molar-refractivity contribution in [1.29, 1.82) is 0 Å². The Morgan fingerprint density at radius 3 is 2.48 bits per heavy atom. The Hall–Kier alpha value is -4.07. The monoisotopic (exact) mass is 579 g/mol. The third kappa shape index (κ3) is 6.37. The van der Waals surface area contributed by atoms with Crippen molar-refractivity contribution in [3.05, 3.63) is 106 Å². The number of unbranched alkanes of at least 4 members (excludes halogenated alkanes) is 1. The number of imidazole rings is 1. The van der Waals surface area contributed by atoms with Crippen LogP contribution in [0.4, 0.5) is 0 Å². The molecule has 0 saturated heterocycles. The number of thiophene rings is 1. The lowest BCUT2D eigenvalue weighted by atomic mass is 10.1. The average molecular weight is 580 g/mol. The second-order valence-corrected chi connectivity index (χ2v) is 11.3. The topological polar surface area (TPSA) is 48.8 Å². The summed E-state index contributed by atoms with van der Waals surface area (Å²) in [6.45, 7) is 8.36. The quantitative estimate of drug-likeness (QED) is 0.140. The first kappa shape index (κ1) is 28.1. The largest absolute Gasteiger partial charge is 0.494 e. The molecule has 216 valence electrons. The summed E-state index contributed by atoms with van der Waals surface area (Å²) >= 11 is 1.71. The number of hydrogen-bond donors (Lipinski definition) is 0. The highest BCUT2D eigenvalue weighted by molar-refractivity contribution is 7.08. The molecule has 1 aliphatic heterocycles. The van der Waals surface area contributed by atoms with Gasteiger partial charge in [-0.25, -0.2) is 4.98 Å². The molecule has 0 N–H and O–H groups in total. The van der Waals surface area contributed by atoms with Gasteiger partial charge in [-0.15, -0.1) is 0 Å². The van der Waals surface area contributed by atoms with Gasteiger partial charge in [-0.3, -0.25) is 4.90 Å². The highest BCUT2D eigenvalue weighted by Gasteiger charge is 2.23. The maximum absolute atomic E-state index is 5.84. The minimum absolute atomic E-state index is 0.273. The summed E-state index contributed by atoms with van der Waals surface area (Å²) in [7, 11) is 0. The van der Waals surface area contributed by atoms with Crippen molar-refractivity contribution in [2.45, 2.75) is 52.9 Å². The molecule has 0 aliphatic carbocycles. The summed E-state index contributed by atoms with van der Waals surface area (Å²) in [6.07, 6.45) is 2.20. The van der Waals surface area contributed by atoms with Gasteiger partial charge in [0.1, 0.15) is 11.6 Å². The van der Waals surface area contributed by atoms with E-state index in [4.69, 9.17) is 19.2 Å². The van der Waals surface area contributed by atoms with Crippen LogP contribution in [0.3, 0.4) is 0 Å². The minimum Gasteiger partial charge on any atom is -0.494 e. The fourth-order valence-corrected chi connectivity index (χ4v) is 6.12. The van der Waals surface area contributed by atoms with E-state index in [2.05, 4.69) is 93.9 Å². The molecule has 6 rings (SSSR count). The zero-order valence-electron chi connectivity index (χ0n) is 24.3. The van der Waals surface area contributed by atoms with Gasteiger partial charge >= 0.3 is 0 Å². The predicted octanol–water partition coefficient (Wildman–Crippen LogP) is 8.41. The molecule has 3 aromatic carbocycles. The van der Waals surface area contributed by atoms with Crippen LogP contribution in [0.2, 0.25) is 0 Å². The Bertz CT molecular complexity index is 1600. The molecule has 0 radical (unpaired) electrons. The first-order valence-electron chi connectivity index (χ1n) is 14.7. The molecule has 3 heterocycles. The lowest BCUT2D eigenvalue weighted by molar-refractivity contribution is 0.174. The predicted molar refractivity (Wildman–Crippen MR) is 169 cm³/mol. The van der Waals surface area contributed by atoms with E-state index in [1.165, 1.54) is 22.4 Å². The smallest absolute Gasteiger partial charge is 0.231 e. The van der Waals surface area contributed by atoms with E-state index in [0.29, 0.717) is 6.61 Å². The molecular weight excluding hydrogens is 542 g/mol. The Kier molecular flexibility index (Phi) is 8.87. The first-order chi connectivity index (χ1) is 20.7. The Labute approximate surface area is 252 Å². The van der Waals surface area contributed by atoms with Gasteiger partial charge in [0.2, 0.25) is 6.79 Å². The normalized spacial score (nSPS) is 12.3. The van der Waals surface area contributed by atoms with Gasteiger partial charge in [-0.1, -0.05) is 61.9 Å². The van der Waals surface area contributed by atoms with Gasteiger partial charge in [-0.2, -0.15) is 11.3 Å². The number of fused-ring (bicyclic) bond motifs is 1. The van der Waals surface area contributed by atoms with Gasteiger partial charge in [-0.05, 0) is 60.2 Å². The summed E-state index contributed by atoms with van der Waals surface area (Å²) in [5, 5.41) is 4.34. The lowest BCUT2D eigenvalue weighted by Gasteiger charge is -2.25. The first-order valence-corrected chi connectivity index (χ1v) is 15.7. The Morgan fingerprint density at radius 1 is 0.857 bits per heavy atom. The maximum atomic E-state index is 5.84. The van der Waals surface area contributed by atoms with E-state index in [1.54, 1.807) is 11.3 Å². The van der Waals surface area contributed by atoms with Crippen LogP contribution < -0.4 is 14.2 Å². The van der Waals surface area contributed by atoms with Crippen LogP contribution in [0, 0.1) is 0 Å². The number of benzene rings is 3. The van der Waals surface area contributed by atoms with Crippen LogP contribution in [-0.4, -0.2) is 27.9 Å². The van der Waals surface area contributed by atoms with Crippen molar-refractivity contribution in [2.75, 3.05) is 13.4 Å². The lowest BCUT2D eigenvalue weighted by Crippen LogP contribution is -2.24. The second kappa shape index (κ2) is 13.3. The van der Waals surface area contributed by atoms with Crippen LogP contribution in [0.1, 0.15) is 43.5 Å². The zero-order chi connectivity index (χ0) is 28.7. The van der Waals surface area contributed by atoms with Crippen molar-refractivity contribution in [3.63, 3.8) is 0 Å². The number of hydrogen-bond acceptors (Lipinski definition) is 6. The average Bonchev–Trinajstić information content (AvgIpc) is 3.77. The molecule has 0 saturated carbocycles. The Morgan fingerprint density at radius 2 is 1.69 bits per heavy atom. The maximum Gasteiger partial charge on any atom is 0.231 e.